The molecule has 1 atom stereocenters. The first-order chi connectivity index (χ1) is 15.5. The van der Waals surface area contributed by atoms with Crippen LogP contribution in [0, 0.1) is 0 Å². The summed E-state index contributed by atoms with van der Waals surface area (Å²) in [6.45, 7) is 1.30. The van der Waals surface area contributed by atoms with Crippen molar-refractivity contribution < 1.29 is 14.4 Å². The van der Waals surface area contributed by atoms with E-state index in [1.807, 2.05) is 42.3 Å². The minimum atomic E-state index is -0.611. The Morgan fingerprint density at radius 2 is 1.88 bits per heavy atom. The van der Waals surface area contributed by atoms with Crippen LogP contribution in [0.2, 0.25) is 0 Å². The highest BCUT2D eigenvalue weighted by molar-refractivity contribution is 6.05. The van der Waals surface area contributed by atoms with Crippen molar-refractivity contribution in [2.75, 3.05) is 0 Å². The number of nitrogens with one attached hydrogen (secondary N) is 1. The second-order valence-electron chi connectivity index (χ2n) is 8.63. The summed E-state index contributed by atoms with van der Waals surface area (Å²) in [7, 11) is 1.93. The summed E-state index contributed by atoms with van der Waals surface area (Å²) in [6, 6.07) is 5.18. The lowest BCUT2D eigenvalue weighted by Gasteiger charge is -2.29. The highest BCUT2D eigenvalue weighted by atomic mass is 16.2. The summed E-state index contributed by atoms with van der Waals surface area (Å²) in [5.41, 5.74) is 6.80. The van der Waals surface area contributed by atoms with Crippen LogP contribution in [0.4, 0.5) is 0 Å². The highest BCUT2D eigenvalue weighted by Crippen LogP contribution is 2.37. The molecule has 1 aromatic carbocycles. The molecule has 3 amide bonds. The molecule has 2 aromatic heterocycles. The first-order valence-corrected chi connectivity index (χ1v) is 10.9. The van der Waals surface area contributed by atoms with Crippen molar-refractivity contribution in [2.45, 2.75) is 44.8 Å². The molecule has 0 saturated carbocycles. The molecule has 1 N–H and O–H groups in total. The van der Waals surface area contributed by atoms with Gasteiger partial charge in [0, 0.05) is 48.9 Å². The number of carbonyl (C=O) groups is 3. The summed E-state index contributed by atoms with van der Waals surface area (Å²) in [5, 5.41) is 11.4. The van der Waals surface area contributed by atoms with Crippen LogP contribution in [-0.4, -0.2) is 48.2 Å². The summed E-state index contributed by atoms with van der Waals surface area (Å²) in [4.78, 5) is 38.4. The Morgan fingerprint density at radius 3 is 2.72 bits per heavy atom. The number of amides is 3. The lowest BCUT2D eigenvalue weighted by molar-refractivity contribution is -0.136. The average Bonchev–Trinajstić information content (AvgIpc) is 3.52. The van der Waals surface area contributed by atoms with Crippen LogP contribution in [0.15, 0.2) is 30.6 Å². The van der Waals surface area contributed by atoms with Crippen LogP contribution in [-0.2, 0) is 36.1 Å². The van der Waals surface area contributed by atoms with E-state index >= 15 is 0 Å². The van der Waals surface area contributed by atoms with Gasteiger partial charge in [0.1, 0.15) is 6.04 Å². The molecule has 1 saturated heterocycles. The molecule has 3 aliphatic rings. The molecule has 32 heavy (non-hydrogen) atoms. The standard InChI is InChI=1S/C23H22N6O3/c1-27-21(17-11-25-29-8-2-3-18(17)29)16(10-24-27)13-4-5-15-14(9-13)12-28(23(15)32)19-6-7-20(30)26-22(19)31/h4-5,9-11,19H,2-3,6-8,12H2,1H3,(H,26,30,31)/t19-/m0/s1. The maximum absolute atomic E-state index is 13.0. The number of fused-ring (bicyclic) bond motifs is 2. The predicted octanol–water partition coefficient (Wildman–Crippen LogP) is 1.66. The molecule has 0 radical (unpaired) electrons. The molecule has 0 bridgehead atoms. The number of benzene rings is 1. The van der Waals surface area contributed by atoms with E-state index < -0.39 is 11.9 Å². The normalized spacial score (nSPS) is 20.0. The monoisotopic (exact) mass is 430 g/mol. The fourth-order valence-electron chi connectivity index (χ4n) is 5.17. The number of hydrogen-bond acceptors (Lipinski definition) is 5. The Kier molecular flexibility index (Phi) is 4.08. The van der Waals surface area contributed by atoms with Gasteiger partial charge < -0.3 is 4.90 Å². The van der Waals surface area contributed by atoms with Crippen molar-refractivity contribution in [1.29, 1.82) is 0 Å². The Balaban J connectivity index is 1.36. The number of hydrogen-bond donors (Lipinski definition) is 1. The van der Waals surface area contributed by atoms with Crippen LogP contribution in [0.3, 0.4) is 0 Å². The van der Waals surface area contributed by atoms with Crippen LogP contribution < -0.4 is 5.32 Å². The molecular formula is C23H22N6O3. The van der Waals surface area contributed by atoms with E-state index in [0.29, 0.717) is 18.5 Å². The smallest absolute Gasteiger partial charge is 0.255 e. The minimum absolute atomic E-state index is 0.165. The molecule has 5 heterocycles. The Hall–Kier alpha value is -3.75. The lowest BCUT2D eigenvalue weighted by atomic mass is 9.98. The van der Waals surface area contributed by atoms with Gasteiger partial charge >= 0.3 is 0 Å². The van der Waals surface area contributed by atoms with E-state index in [9.17, 15) is 14.4 Å². The topological polar surface area (TPSA) is 102 Å². The third-order valence-corrected chi connectivity index (χ3v) is 6.76. The number of rotatable bonds is 3. The van der Waals surface area contributed by atoms with Crippen molar-refractivity contribution in [3.8, 4) is 22.4 Å². The van der Waals surface area contributed by atoms with E-state index in [1.54, 1.807) is 4.90 Å². The number of nitrogens with zero attached hydrogens (tertiary/aromatic N) is 5. The van der Waals surface area contributed by atoms with Crippen molar-refractivity contribution >= 4 is 17.7 Å². The van der Waals surface area contributed by atoms with Crippen LogP contribution in [0.25, 0.3) is 22.4 Å². The van der Waals surface area contributed by atoms with E-state index in [1.165, 1.54) is 5.69 Å². The molecule has 0 unspecified atom stereocenters. The van der Waals surface area contributed by atoms with Gasteiger partial charge in [0.15, 0.2) is 0 Å². The molecule has 162 valence electrons. The molecule has 9 heteroatoms. The first kappa shape index (κ1) is 19.0. The second-order valence-corrected chi connectivity index (χ2v) is 8.63. The molecule has 3 aromatic rings. The Morgan fingerprint density at radius 1 is 1.03 bits per heavy atom. The predicted molar refractivity (Wildman–Crippen MR) is 114 cm³/mol. The lowest BCUT2D eigenvalue weighted by Crippen LogP contribution is -2.52. The van der Waals surface area contributed by atoms with Crippen LogP contribution >= 0.6 is 0 Å². The summed E-state index contributed by atoms with van der Waals surface area (Å²) >= 11 is 0. The van der Waals surface area contributed by atoms with Crippen molar-refractivity contribution in [1.82, 2.24) is 29.8 Å². The Labute approximate surface area is 184 Å². The zero-order valence-corrected chi connectivity index (χ0v) is 17.7. The number of aromatic nitrogens is 4. The van der Waals surface area contributed by atoms with Crippen LogP contribution in [0.5, 0.6) is 0 Å². The second kappa shape index (κ2) is 6.88. The largest absolute Gasteiger partial charge is 0.322 e. The molecule has 3 aliphatic heterocycles. The zero-order valence-electron chi connectivity index (χ0n) is 17.7. The van der Waals surface area contributed by atoms with Gasteiger partial charge in [0.2, 0.25) is 11.8 Å². The quantitative estimate of drug-likeness (QED) is 0.637. The summed E-state index contributed by atoms with van der Waals surface area (Å²) in [6.07, 6.45) is 6.47. The maximum atomic E-state index is 13.0. The van der Waals surface area contributed by atoms with Crippen molar-refractivity contribution in [3.63, 3.8) is 0 Å². The fourth-order valence-corrected chi connectivity index (χ4v) is 5.17. The number of aryl methyl sites for hydroxylation is 2. The average molecular weight is 430 g/mol. The van der Waals surface area contributed by atoms with Gasteiger partial charge in [-0.15, -0.1) is 0 Å². The van der Waals surface area contributed by atoms with Gasteiger partial charge in [-0.3, -0.25) is 29.1 Å². The molecule has 1 fully saturated rings. The number of piperidine rings is 1. The molecule has 9 nitrogen and oxygen atoms in total. The summed E-state index contributed by atoms with van der Waals surface area (Å²) in [5.74, 6) is -0.845. The van der Waals surface area contributed by atoms with E-state index in [2.05, 4.69) is 20.2 Å². The van der Waals surface area contributed by atoms with Gasteiger partial charge in [-0.25, -0.2) is 0 Å². The number of carbonyl (C=O) groups excluding carboxylic acids is 3. The third-order valence-electron chi connectivity index (χ3n) is 6.76. The third kappa shape index (κ3) is 2.73. The van der Waals surface area contributed by atoms with Crippen molar-refractivity contribution in [2.24, 2.45) is 7.05 Å². The highest BCUT2D eigenvalue weighted by Gasteiger charge is 2.39. The SMILES string of the molecule is Cn1ncc(-c2ccc3c(c2)CN([C@H]2CCC(=O)NC2=O)C3=O)c1-c1cnn2c1CCC2. The van der Waals surface area contributed by atoms with Gasteiger partial charge in [-0.2, -0.15) is 10.2 Å². The number of imide groups is 1. The van der Waals surface area contributed by atoms with Gasteiger partial charge in [0.25, 0.3) is 5.91 Å². The van der Waals surface area contributed by atoms with Crippen molar-refractivity contribution in [3.05, 3.63) is 47.4 Å². The Bertz CT molecular complexity index is 1300. The van der Waals surface area contributed by atoms with Crippen LogP contribution in [0.1, 0.15) is 40.9 Å². The fraction of sp³-hybridized carbons (Fsp3) is 0.348. The minimum Gasteiger partial charge on any atom is -0.322 e. The zero-order chi connectivity index (χ0) is 22.0. The van der Waals surface area contributed by atoms with E-state index in [-0.39, 0.29) is 18.2 Å². The molecular weight excluding hydrogens is 408 g/mol. The van der Waals surface area contributed by atoms with E-state index in [4.69, 9.17) is 0 Å². The molecule has 0 aliphatic carbocycles. The molecule has 0 spiro atoms. The molecule has 6 rings (SSSR count). The first-order valence-electron chi connectivity index (χ1n) is 10.9. The summed E-state index contributed by atoms with van der Waals surface area (Å²) < 4.78 is 3.94. The van der Waals surface area contributed by atoms with Gasteiger partial charge in [0.05, 0.1) is 18.1 Å². The van der Waals surface area contributed by atoms with Gasteiger partial charge in [-0.05, 0) is 42.5 Å². The van der Waals surface area contributed by atoms with Gasteiger partial charge in [-0.1, -0.05) is 6.07 Å². The maximum Gasteiger partial charge on any atom is 0.255 e. The van der Waals surface area contributed by atoms with E-state index in [0.717, 1.165) is 47.3 Å².